The maximum atomic E-state index is 5.58. The van der Waals surface area contributed by atoms with Crippen LogP contribution in [0.4, 0.5) is 0 Å². The first-order valence-electron chi connectivity index (χ1n) is 9.49. The molecule has 0 unspecified atom stereocenters. The highest BCUT2D eigenvalue weighted by Gasteiger charge is 2.20. The largest absolute Gasteiger partial charge is 0.496 e. The highest BCUT2D eigenvalue weighted by molar-refractivity contribution is 9.11. The molecule has 0 atom stereocenters. The van der Waals surface area contributed by atoms with E-state index in [1.54, 1.807) is 21.3 Å². The SMILES string of the molecule is COc1cc2c(cc1Br)Cc1cc(OC)c(Br)cc1Cc1cc(OC)c(Br)cc1C2. The Morgan fingerprint density at radius 3 is 0.933 bits per heavy atom. The van der Waals surface area contributed by atoms with Gasteiger partial charge in [-0.3, -0.25) is 0 Å². The Balaban J connectivity index is 1.98. The minimum atomic E-state index is 0.823. The third-order valence-electron chi connectivity index (χ3n) is 5.56. The summed E-state index contributed by atoms with van der Waals surface area (Å²) in [6.07, 6.45) is 2.47. The predicted octanol–water partition coefficient (Wildman–Crippen LogP) is 7.09. The van der Waals surface area contributed by atoms with Gasteiger partial charge in [-0.25, -0.2) is 0 Å². The van der Waals surface area contributed by atoms with Gasteiger partial charge in [-0.15, -0.1) is 0 Å². The van der Waals surface area contributed by atoms with E-state index in [0.29, 0.717) is 0 Å². The summed E-state index contributed by atoms with van der Waals surface area (Å²) in [6.45, 7) is 0. The highest BCUT2D eigenvalue weighted by Crippen LogP contribution is 2.38. The summed E-state index contributed by atoms with van der Waals surface area (Å²) in [5.74, 6) is 2.53. The molecule has 3 aromatic rings. The van der Waals surface area contributed by atoms with Crippen LogP contribution in [0, 0.1) is 0 Å². The van der Waals surface area contributed by atoms with Crippen molar-refractivity contribution in [1.29, 1.82) is 0 Å². The van der Waals surface area contributed by atoms with Crippen molar-refractivity contribution in [3.05, 3.63) is 83.2 Å². The molecule has 0 saturated heterocycles. The van der Waals surface area contributed by atoms with Gasteiger partial charge in [0.2, 0.25) is 0 Å². The summed E-state index contributed by atoms with van der Waals surface area (Å²) in [7, 11) is 5.11. The number of hydrogen-bond donors (Lipinski definition) is 0. The average Bonchev–Trinajstić information content (AvgIpc) is 2.78. The van der Waals surface area contributed by atoms with E-state index in [1.165, 1.54) is 33.4 Å². The topological polar surface area (TPSA) is 27.7 Å². The number of halogens is 3. The zero-order valence-corrected chi connectivity index (χ0v) is 21.7. The van der Waals surface area contributed by atoms with Crippen LogP contribution in [0.3, 0.4) is 0 Å². The van der Waals surface area contributed by atoms with E-state index < -0.39 is 0 Å². The molecule has 0 heterocycles. The van der Waals surface area contributed by atoms with Crippen LogP contribution in [0.25, 0.3) is 0 Å². The predicted molar refractivity (Wildman–Crippen MR) is 130 cm³/mol. The van der Waals surface area contributed by atoms with Crippen molar-refractivity contribution in [1.82, 2.24) is 0 Å². The zero-order chi connectivity index (χ0) is 21.4. The Labute approximate surface area is 202 Å². The maximum Gasteiger partial charge on any atom is 0.133 e. The monoisotopic (exact) mass is 594 g/mol. The molecule has 0 aromatic heterocycles. The molecular weight excluding hydrogens is 576 g/mol. The van der Waals surface area contributed by atoms with E-state index in [1.807, 2.05) is 0 Å². The maximum absolute atomic E-state index is 5.58. The van der Waals surface area contributed by atoms with Crippen molar-refractivity contribution in [3.63, 3.8) is 0 Å². The van der Waals surface area contributed by atoms with E-state index in [0.717, 1.165) is 49.9 Å². The van der Waals surface area contributed by atoms with Crippen LogP contribution >= 0.6 is 47.8 Å². The molecule has 156 valence electrons. The molecule has 0 radical (unpaired) electrons. The summed E-state index contributed by atoms with van der Waals surface area (Å²) in [5.41, 5.74) is 7.57. The lowest BCUT2D eigenvalue weighted by molar-refractivity contribution is 0.411. The Morgan fingerprint density at radius 1 is 0.467 bits per heavy atom. The van der Waals surface area contributed by atoms with E-state index in [-0.39, 0.29) is 0 Å². The van der Waals surface area contributed by atoms with Crippen LogP contribution in [0.15, 0.2) is 49.8 Å². The van der Waals surface area contributed by atoms with Crippen molar-refractivity contribution in [3.8, 4) is 17.2 Å². The van der Waals surface area contributed by atoms with Gasteiger partial charge >= 0.3 is 0 Å². The van der Waals surface area contributed by atoms with Crippen molar-refractivity contribution < 1.29 is 14.2 Å². The summed E-state index contributed by atoms with van der Waals surface area (Å²) >= 11 is 11.0. The van der Waals surface area contributed by atoms with Gasteiger partial charge < -0.3 is 14.2 Å². The minimum Gasteiger partial charge on any atom is -0.496 e. The lowest BCUT2D eigenvalue weighted by atomic mass is 9.95. The molecule has 0 aliphatic heterocycles. The molecule has 0 spiro atoms. The first-order valence-corrected chi connectivity index (χ1v) is 11.9. The molecule has 1 aliphatic rings. The van der Waals surface area contributed by atoms with Crippen LogP contribution in [0.2, 0.25) is 0 Å². The number of hydrogen-bond acceptors (Lipinski definition) is 3. The fraction of sp³-hybridized carbons (Fsp3) is 0.250. The van der Waals surface area contributed by atoms with Crippen molar-refractivity contribution in [2.75, 3.05) is 21.3 Å². The number of rotatable bonds is 3. The van der Waals surface area contributed by atoms with E-state index in [9.17, 15) is 0 Å². The van der Waals surface area contributed by atoms with Gasteiger partial charge in [0.05, 0.1) is 34.7 Å². The summed E-state index contributed by atoms with van der Waals surface area (Å²) in [5, 5.41) is 0. The van der Waals surface area contributed by atoms with Gasteiger partial charge in [0.15, 0.2) is 0 Å². The van der Waals surface area contributed by atoms with Gasteiger partial charge in [0, 0.05) is 0 Å². The average molecular weight is 597 g/mol. The molecule has 6 heteroatoms. The van der Waals surface area contributed by atoms with Crippen LogP contribution in [0.5, 0.6) is 17.2 Å². The lowest BCUT2D eigenvalue weighted by Gasteiger charge is -2.15. The normalized spacial score (nSPS) is 12.6. The Morgan fingerprint density at radius 2 is 0.700 bits per heavy atom. The molecule has 0 N–H and O–H groups in total. The molecule has 0 amide bonds. The first kappa shape index (κ1) is 21.7. The van der Waals surface area contributed by atoms with Crippen LogP contribution in [0.1, 0.15) is 33.4 Å². The van der Waals surface area contributed by atoms with Gasteiger partial charge in [0.25, 0.3) is 0 Å². The number of fused-ring (bicyclic) bond motifs is 3. The molecule has 0 saturated carbocycles. The molecule has 4 rings (SSSR count). The number of ether oxygens (including phenoxy) is 3. The van der Waals surface area contributed by atoms with E-state index in [4.69, 9.17) is 14.2 Å². The second kappa shape index (κ2) is 8.93. The fourth-order valence-corrected chi connectivity index (χ4v) is 5.64. The quantitative estimate of drug-likeness (QED) is 0.253. The summed E-state index contributed by atoms with van der Waals surface area (Å²) < 4.78 is 19.6. The van der Waals surface area contributed by atoms with Gasteiger partial charge in [-0.2, -0.15) is 0 Å². The molecule has 0 bridgehead atoms. The Hall–Kier alpha value is -1.50. The molecule has 1 aliphatic carbocycles. The molecule has 30 heavy (non-hydrogen) atoms. The van der Waals surface area contributed by atoms with E-state index in [2.05, 4.69) is 84.2 Å². The standard InChI is InChI=1S/C24H21Br3O3/c1-28-22-10-16-4-14-8-20(26)24(30-3)12-18(14)6-15-9-21(27)23(29-2)11-17(15)5-13(16)7-19(22)25/h7-12H,4-6H2,1-3H3. The van der Waals surface area contributed by atoms with Crippen molar-refractivity contribution >= 4 is 47.8 Å². The van der Waals surface area contributed by atoms with E-state index >= 15 is 0 Å². The van der Waals surface area contributed by atoms with Gasteiger partial charge in [-0.1, -0.05) is 0 Å². The summed E-state index contributed by atoms with van der Waals surface area (Å²) in [6, 6.07) is 13.0. The zero-order valence-electron chi connectivity index (χ0n) is 16.9. The smallest absolute Gasteiger partial charge is 0.133 e. The Kier molecular flexibility index (Phi) is 6.47. The van der Waals surface area contributed by atoms with Crippen LogP contribution in [-0.2, 0) is 19.3 Å². The molecule has 3 aromatic carbocycles. The molecule has 0 fully saturated rings. The van der Waals surface area contributed by atoms with Crippen LogP contribution < -0.4 is 14.2 Å². The third kappa shape index (κ3) is 4.14. The molecular formula is C24H21Br3O3. The first-order chi connectivity index (χ1) is 14.4. The second-order valence-corrected chi connectivity index (χ2v) is 9.86. The van der Waals surface area contributed by atoms with Crippen molar-refractivity contribution in [2.24, 2.45) is 0 Å². The summed E-state index contributed by atoms with van der Waals surface area (Å²) in [4.78, 5) is 0. The number of benzene rings is 3. The molecule has 3 nitrogen and oxygen atoms in total. The fourth-order valence-electron chi connectivity index (χ4n) is 3.98. The Bertz CT molecular complexity index is 984. The highest BCUT2D eigenvalue weighted by atomic mass is 79.9. The van der Waals surface area contributed by atoms with Crippen molar-refractivity contribution in [2.45, 2.75) is 19.3 Å². The van der Waals surface area contributed by atoms with Crippen LogP contribution in [-0.4, -0.2) is 21.3 Å². The second-order valence-electron chi connectivity index (χ2n) is 7.30. The lowest BCUT2D eigenvalue weighted by Crippen LogP contribution is -2.00. The number of methoxy groups -OCH3 is 3. The van der Waals surface area contributed by atoms with Gasteiger partial charge in [-0.05, 0) is 137 Å². The third-order valence-corrected chi connectivity index (χ3v) is 7.42. The van der Waals surface area contributed by atoms with Gasteiger partial charge in [0.1, 0.15) is 17.2 Å². The minimum absolute atomic E-state index is 0.823.